The summed E-state index contributed by atoms with van der Waals surface area (Å²) in [5.74, 6) is 4.95. The number of benzene rings is 9. The van der Waals surface area contributed by atoms with Gasteiger partial charge in [-0.15, -0.1) is 48.0 Å². The van der Waals surface area contributed by atoms with Crippen LogP contribution < -0.4 is 23.3 Å². The summed E-state index contributed by atoms with van der Waals surface area (Å²) in [6.45, 7) is 15.0. The van der Waals surface area contributed by atoms with Crippen molar-refractivity contribution < 1.29 is 49.5 Å². The third-order valence-electron chi connectivity index (χ3n) is 19.4. The van der Waals surface area contributed by atoms with Crippen molar-refractivity contribution >= 4 is 22.0 Å². The van der Waals surface area contributed by atoms with Gasteiger partial charge in [-0.2, -0.15) is 13.7 Å². The van der Waals surface area contributed by atoms with E-state index in [2.05, 4.69) is 273 Å². The molecule has 10 nitrogen and oxygen atoms in total. The summed E-state index contributed by atoms with van der Waals surface area (Å²) in [6.07, 6.45) is 27.7. The zero-order valence-corrected chi connectivity index (χ0v) is 61.1. The standard InChI is InChI=1S/C22H25N2.C20H15N2.C15H10NO.C14H12N2.C12H10N.C11H8N.CH4.Ir/c1-15(2)18-10-7-11-19(16(3)4)21(18)24-13-12-23-14-17-8-5-6-9-20(17)22(23)24;1-3-9-17-15(6-1)8-5-11-19(17)22-13-12-21-14-16-7-2-4-10-18(16)20(21)22;1-11-13(14-7-4-5-9-16-14)10-12-6-2-3-8-15(12)17-11;1-2-7-13-11(5-1)9-14-15-8-4-3-6-12(15)10-16(13)14;1-2-6-11-10(5-1)9-13-8-4-3-7-12(11)13;1-2-6-10(7-3-1)11-8-4-5-9-12-11;;/h5-13,15-16H,14H2,1-4H3;1-13H,14H2;2-9H,1H2;1-8,10,14H,9H2;1-8H,9H2;1-6,8-9H;1H4;/q2*+1;-1;;+1;-1;;/i;;;;1D,2D,3D,4D,5D,6D,7D,8D;;;. The predicted molar refractivity (Wildman–Crippen MR) is 424 cm³/mol. The minimum atomic E-state index is -0.411. The Labute approximate surface area is 647 Å². The van der Waals surface area contributed by atoms with Crippen LogP contribution in [0.5, 0.6) is 5.75 Å². The summed E-state index contributed by atoms with van der Waals surface area (Å²) in [5.41, 5.74) is 20.2. The van der Waals surface area contributed by atoms with E-state index < -0.39 is 12.1 Å². The van der Waals surface area contributed by atoms with Crippen LogP contribution in [0.2, 0.25) is 0 Å². The van der Waals surface area contributed by atoms with Crippen LogP contribution in [0.25, 0.3) is 73.0 Å². The Hall–Kier alpha value is -12.1. The molecule has 0 spiro atoms. The van der Waals surface area contributed by atoms with E-state index in [-0.39, 0.29) is 81.7 Å². The van der Waals surface area contributed by atoms with Crippen LogP contribution in [0.4, 0.5) is 5.69 Å². The number of ether oxygens (including phenoxy) is 1. The van der Waals surface area contributed by atoms with Crippen LogP contribution >= 0.6 is 0 Å². The Morgan fingerprint density at radius 1 is 0.547 bits per heavy atom. The first kappa shape index (κ1) is 61.3. The van der Waals surface area contributed by atoms with E-state index in [4.69, 9.17) is 15.7 Å². The Kier molecular flexibility index (Phi) is 18.4. The molecule has 1 radical (unpaired) electrons. The van der Waals surface area contributed by atoms with Crippen molar-refractivity contribution in [2.75, 3.05) is 4.90 Å². The second-order valence-electron chi connectivity index (χ2n) is 26.5. The summed E-state index contributed by atoms with van der Waals surface area (Å²) in [6, 6.07) is 75.9. The fourth-order valence-corrected chi connectivity index (χ4v) is 14.4. The summed E-state index contributed by atoms with van der Waals surface area (Å²) in [7, 11) is 0. The Balaban J connectivity index is 0.000000114. The molecule has 21 rings (SSSR count). The number of anilines is 1. The van der Waals surface area contributed by atoms with Gasteiger partial charge in [0.05, 0.1) is 43.5 Å². The summed E-state index contributed by atoms with van der Waals surface area (Å²) in [4.78, 5) is 13.2. The molecule has 1 atom stereocenters. The van der Waals surface area contributed by atoms with Gasteiger partial charge < -0.3 is 19.5 Å². The zero-order valence-electron chi connectivity index (χ0n) is 66.7. The quantitative estimate of drug-likeness (QED) is 0.123. The first-order valence-corrected chi connectivity index (χ1v) is 35.2. The minimum absolute atomic E-state index is 0. The Bertz CT molecular complexity index is 5980. The maximum atomic E-state index is 7.98. The van der Waals surface area contributed by atoms with E-state index in [0.717, 1.165) is 53.3 Å². The van der Waals surface area contributed by atoms with Crippen molar-refractivity contribution in [2.45, 2.75) is 79.2 Å². The van der Waals surface area contributed by atoms with E-state index in [1.165, 1.54) is 88.7 Å². The fourth-order valence-electron chi connectivity index (χ4n) is 14.4. The largest absolute Gasteiger partial charge is 0.527 e. The monoisotopic (exact) mass is 1570 g/mol. The molecule has 7 aliphatic heterocycles. The van der Waals surface area contributed by atoms with Gasteiger partial charge in [0.1, 0.15) is 56.8 Å². The fraction of sp³-hybridized carbons (Fsp3) is 0.126. The molecule has 106 heavy (non-hydrogen) atoms. The van der Waals surface area contributed by atoms with Crippen molar-refractivity contribution in [3.8, 4) is 62.4 Å². The number of aromatic nitrogens is 7. The van der Waals surface area contributed by atoms with Crippen LogP contribution in [-0.4, -0.2) is 30.2 Å². The molecule has 0 N–H and O–H groups in total. The molecule has 0 bridgehead atoms. The molecular weight excluding hydrogens is 1480 g/mol. The second kappa shape index (κ2) is 31.8. The number of fused-ring (bicyclic) bond motifs is 16. The van der Waals surface area contributed by atoms with Crippen molar-refractivity contribution in [3.05, 3.63) is 409 Å². The number of rotatable bonds is 6. The molecule has 9 aromatic carbocycles. The van der Waals surface area contributed by atoms with Crippen LogP contribution in [0.1, 0.15) is 103 Å². The third kappa shape index (κ3) is 14.4. The van der Waals surface area contributed by atoms with Gasteiger partial charge in [0.15, 0.2) is 12.7 Å². The molecule has 11 heteroatoms. The van der Waals surface area contributed by atoms with E-state index in [1.54, 1.807) is 12.4 Å². The van der Waals surface area contributed by atoms with Gasteiger partial charge in [-0.1, -0.05) is 229 Å². The summed E-state index contributed by atoms with van der Waals surface area (Å²) >= 11 is 0. The third-order valence-corrected chi connectivity index (χ3v) is 19.4. The van der Waals surface area contributed by atoms with Gasteiger partial charge in [0, 0.05) is 108 Å². The van der Waals surface area contributed by atoms with Crippen LogP contribution in [0.15, 0.2) is 353 Å². The molecule has 523 valence electrons. The molecular formula is C95H84IrN9O+. The second-order valence-corrected chi connectivity index (χ2v) is 26.5. The summed E-state index contributed by atoms with van der Waals surface area (Å²) < 4.78 is 78.9. The first-order chi connectivity index (χ1) is 54.5. The van der Waals surface area contributed by atoms with E-state index in [1.807, 2.05) is 84.9 Å². The number of hydrogen-bond acceptors (Lipinski definition) is 5. The maximum absolute atomic E-state index is 7.98. The van der Waals surface area contributed by atoms with E-state index in [9.17, 15) is 0 Å². The summed E-state index contributed by atoms with van der Waals surface area (Å²) in [5, 5.41) is 2.56. The van der Waals surface area contributed by atoms with Crippen LogP contribution in [-0.2, 0) is 46.2 Å². The topological polar surface area (TPSA) is 63.0 Å². The SMILES string of the molecule is C.C1=CC2=CN3c4ccccc4CC3N2C=C1.C=C1Oc2ccccc2[C-]=C1c1ccccn1.CC(C)c1cccc(C(C)C)c1-n1cc[n+]2c1-c1ccccc1C2.[2H]c1c([2H])c([2H])c2c(c1[2H])C[n+]1c([2H])c([2H])c([2H])c([2H])c1-2.[Ir].[c-]1ccccc1-c1ccccn1.c1ccc2c(c1)C[n+]1ccn(-c3cccc4ccccc34)c1-2. The molecule has 5 aromatic heterocycles. The van der Waals surface area contributed by atoms with Crippen molar-refractivity contribution in [3.63, 3.8) is 0 Å². The molecule has 14 aromatic rings. The Morgan fingerprint density at radius 2 is 1.15 bits per heavy atom. The molecule has 7 aliphatic rings. The number of pyridine rings is 3. The average Bonchev–Trinajstić information content (AvgIpc) is 1.58. The smallest absolute Gasteiger partial charge is 0.294 e. The van der Waals surface area contributed by atoms with Crippen molar-refractivity contribution in [2.24, 2.45) is 0 Å². The predicted octanol–water partition coefficient (Wildman–Crippen LogP) is 20.0. The van der Waals surface area contributed by atoms with Gasteiger partial charge in [-0.05, 0) is 89.1 Å². The zero-order chi connectivity index (χ0) is 77.4. The molecule has 0 saturated heterocycles. The van der Waals surface area contributed by atoms with E-state index in [0.29, 0.717) is 29.3 Å². The van der Waals surface area contributed by atoms with Crippen molar-refractivity contribution in [1.29, 1.82) is 0 Å². The van der Waals surface area contributed by atoms with Crippen LogP contribution in [0.3, 0.4) is 0 Å². The number of allylic oxidation sites excluding steroid dienone is 4. The number of nitrogens with zero attached hydrogens (tertiary/aromatic N) is 9. The number of imidazole rings is 2. The molecule has 0 aliphatic carbocycles. The minimum Gasteiger partial charge on any atom is -0.527 e. The van der Waals surface area contributed by atoms with Gasteiger partial charge >= 0.3 is 0 Å². The normalized spacial score (nSPS) is 15.0. The molecule has 0 saturated carbocycles. The molecule has 0 amide bonds. The molecule has 12 heterocycles. The Morgan fingerprint density at radius 3 is 1.88 bits per heavy atom. The van der Waals surface area contributed by atoms with Gasteiger partial charge in [0.2, 0.25) is 5.69 Å². The number of hydrogen-bond donors (Lipinski definition) is 0. The first-order valence-electron chi connectivity index (χ1n) is 39.2. The molecule has 1 unspecified atom stereocenters. The van der Waals surface area contributed by atoms with Gasteiger partial charge in [-0.3, -0.25) is 4.98 Å². The van der Waals surface area contributed by atoms with Gasteiger partial charge in [-0.25, -0.2) is 9.13 Å². The van der Waals surface area contributed by atoms with E-state index >= 15 is 0 Å². The van der Waals surface area contributed by atoms with Crippen molar-refractivity contribution in [1.82, 2.24) is 24.0 Å². The average molecular weight is 1570 g/mol. The van der Waals surface area contributed by atoms with Crippen LogP contribution in [0, 0.1) is 12.1 Å². The maximum Gasteiger partial charge on any atom is 0.294 e. The molecule has 0 fully saturated rings. The number of para-hydroxylation sites is 3. The van der Waals surface area contributed by atoms with Gasteiger partial charge in [0.25, 0.3) is 11.6 Å².